The Balaban J connectivity index is 2.32. The first-order valence-corrected chi connectivity index (χ1v) is 9.23. The van der Waals surface area contributed by atoms with Gasteiger partial charge in [-0.1, -0.05) is 33.6 Å². The predicted molar refractivity (Wildman–Crippen MR) is 104 cm³/mol. The summed E-state index contributed by atoms with van der Waals surface area (Å²) in [7, 11) is 1.54. The van der Waals surface area contributed by atoms with Crippen LogP contribution in [0.3, 0.4) is 0 Å². The Morgan fingerprint density at radius 3 is 2.58 bits per heavy atom. The molecule has 4 nitrogen and oxygen atoms in total. The molecule has 0 heterocycles. The van der Waals surface area contributed by atoms with Gasteiger partial charge in [0, 0.05) is 27.7 Å². The Morgan fingerprint density at radius 2 is 1.96 bits per heavy atom. The molecule has 0 aliphatic heterocycles. The molecule has 0 atom stereocenters. The van der Waals surface area contributed by atoms with Gasteiger partial charge in [-0.15, -0.1) is 0 Å². The van der Waals surface area contributed by atoms with E-state index in [-0.39, 0.29) is 18.8 Å². The summed E-state index contributed by atoms with van der Waals surface area (Å²) in [4.78, 5) is 0. The van der Waals surface area contributed by atoms with Gasteiger partial charge in [-0.3, -0.25) is 0 Å². The zero-order chi connectivity index (χ0) is 19.3. The van der Waals surface area contributed by atoms with Crippen molar-refractivity contribution in [1.82, 2.24) is 5.32 Å². The first-order chi connectivity index (χ1) is 12.3. The molecule has 0 unspecified atom stereocenters. The molecule has 0 saturated carbocycles. The second kappa shape index (κ2) is 9.04. The van der Waals surface area contributed by atoms with Crippen molar-refractivity contribution in [3.63, 3.8) is 0 Å². The molecular weight excluding hydrogens is 425 g/mol. The van der Waals surface area contributed by atoms with Crippen molar-refractivity contribution >= 4 is 27.5 Å². The number of ether oxygens (including phenoxy) is 2. The summed E-state index contributed by atoms with van der Waals surface area (Å²) in [5.74, 6) is 0.592. The van der Waals surface area contributed by atoms with Crippen LogP contribution in [-0.2, 0) is 13.2 Å². The van der Waals surface area contributed by atoms with E-state index in [9.17, 15) is 9.50 Å². The fraction of sp³-hybridized carbons (Fsp3) is 0.368. The Labute approximate surface area is 166 Å². The summed E-state index contributed by atoms with van der Waals surface area (Å²) in [5.41, 5.74) is 0.623. The SMILES string of the molecule is COc1ccc(Br)c(CNC(C)(C)CO)c1OCc1c(F)cccc1Cl. The molecule has 2 aromatic carbocycles. The van der Waals surface area contributed by atoms with Crippen LogP contribution in [-0.4, -0.2) is 24.4 Å². The zero-order valence-corrected chi connectivity index (χ0v) is 17.2. The lowest BCUT2D eigenvalue weighted by molar-refractivity contribution is 0.186. The fourth-order valence-electron chi connectivity index (χ4n) is 2.26. The van der Waals surface area contributed by atoms with Crippen LogP contribution in [0, 0.1) is 5.82 Å². The summed E-state index contributed by atoms with van der Waals surface area (Å²) < 4.78 is 26.1. The molecule has 0 amide bonds. The average molecular weight is 447 g/mol. The minimum Gasteiger partial charge on any atom is -0.493 e. The maximum absolute atomic E-state index is 14.0. The van der Waals surface area contributed by atoms with Crippen molar-refractivity contribution in [3.05, 3.63) is 56.8 Å². The maximum atomic E-state index is 14.0. The molecule has 0 fully saturated rings. The van der Waals surface area contributed by atoms with E-state index in [2.05, 4.69) is 21.2 Å². The highest BCUT2D eigenvalue weighted by molar-refractivity contribution is 9.10. The summed E-state index contributed by atoms with van der Waals surface area (Å²) >= 11 is 9.60. The number of benzene rings is 2. The number of rotatable bonds is 8. The number of nitrogens with one attached hydrogen (secondary N) is 1. The third-order valence-corrected chi connectivity index (χ3v) is 5.05. The van der Waals surface area contributed by atoms with Crippen LogP contribution < -0.4 is 14.8 Å². The molecule has 2 N–H and O–H groups in total. The van der Waals surface area contributed by atoms with E-state index in [1.165, 1.54) is 6.07 Å². The van der Waals surface area contributed by atoms with E-state index in [0.717, 1.165) is 10.0 Å². The van der Waals surface area contributed by atoms with Crippen molar-refractivity contribution in [2.75, 3.05) is 13.7 Å². The van der Waals surface area contributed by atoms with Crippen LogP contribution in [0.25, 0.3) is 0 Å². The van der Waals surface area contributed by atoms with Crippen molar-refractivity contribution in [2.45, 2.75) is 32.5 Å². The smallest absolute Gasteiger partial charge is 0.167 e. The average Bonchev–Trinajstić information content (AvgIpc) is 2.60. The quantitative estimate of drug-likeness (QED) is 0.618. The molecule has 26 heavy (non-hydrogen) atoms. The van der Waals surface area contributed by atoms with Gasteiger partial charge in [0.1, 0.15) is 12.4 Å². The van der Waals surface area contributed by atoms with Gasteiger partial charge in [0.2, 0.25) is 0 Å². The Morgan fingerprint density at radius 1 is 1.23 bits per heavy atom. The number of hydrogen-bond acceptors (Lipinski definition) is 4. The normalized spacial score (nSPS) is 11.5. The minimum atomic E-state index is -0.464. The van der Waals surface area contributed by atoms with Gasteiger partial charge in [-0.05, 0) is 38.1 Å². The predicted octanol–water partition coefficient (Wildman–Crippen LogP) is 4.69. The van der Waals surface area contributed by atoms with Crippen LogP contribution in [0.4, 0.5) is 4.39 Å². The molecule has 0 spiro atoms. The molecule has 0 aliphatic rings. The number of hydrogen-bond donors (Lipinski definition) is 2. The van der Waals surface area contributed by atoms with Crippen molar-refractivity contribution < 1.29 is 19.0 Å². The molecule has 7 heteroatoms. The zero-order valence-electron chi connectivity index (χ0n) is 14.9. The standard InChI is InChI=1S/C19H22BrClFNO3/c1-19(2,11-24)23-9-12-14(20)7-8-17(25-3)18(12)26-10-13-15(21)5-4-6-16(13)22/h4-8,23-24H,9-11H2,1-3H3. The van der Waals surface area contributed by atoms with Gasteiger partial charge in [0.25, 0.3) is 0 Å². The van der Waals surface area contributed by atoms with Crippen LogP contribution >= 0.6 is 27.5 Å². The first kappa shape index (κ1) is 21.0. The highest BCUT2D eigenvalue weighted by atomic mass is 79.9. The van der Waals surface area contributed by atoms with E-state index in [4.69, 9.17) is 21.1 Å². The monoisotopic (exact) mass is 445 g/mol. The van der Waals surface area contributed by atoms with E-state index >= 15 is 0 Å². The van der Waals surface area contributed by atoms with Crippen LogP contribution in [0.5, 0.6) is 11.5 Å². The number of aliphatic hydroxyl groups excluding tert-OH is 1. The van der Waals surface area contributed by atoms with E-state index in [1.54, 1.807) is 25.3 Å². The Hall–Kier alpha value is -1.34. The lowest BCUT2D eigenvalue weighted by atomic mass is 10.1. The van der Waals surface area contributed by atoms with E-state index in [0.29, 0.717) is 23.1 Å². The third kappa shape index (κ3) is 5.10. The van der Waals surface area contributed by atoms with E-state index < -0.39 is 11.4 Å². The molecule has 0 aromatic heterocycles. The molecule has 2 aromatic rings. The highest BCUT2D eigenvalue weighted by Crippen LogP contribution is 2.37. The van der Waals surface area contributed by atoms with Crippen LogP contribution in [0.1, 0.15) is 25.0 Å². The number of halogens is 3. The summed E-state index contributed by atoms with van der Waals surface area (Å²) in [6, 6.07) is 8.13. The molecule has 0 aliphatic carbocycles. The molecular formula is C19H22BrClFNO3. The Kier molecular flexibility index (Phi) is 7.29. The lowest BCUT2D eigenvalue weighted by Crippen LogP contribution is -2.42. The van der Waals surface area contributed by atoms with Gasteiger partial charge in [0.15, 0.2) is 11.5 Å². The molecule has 0 saturated heterocycles. The van der Waals surface area contributed by atoms with Gasteiger partial charge >= 0.3 is 0 Å². The van der Waals surface area contributed by atoms with Crippen molar-refractivity contribution in [2.24, 2.45) is 0 Å². The largest absolute Gasteiger partial charge is 0.493 e. The first-order valence-electron chi connectivity index (χ1n) is 8.06. The fourth-order valence-corrected chi connectivity index (χ4v) is 2.93. The second-order valence-corrected chi connectivity index (χ2v) is 7.70. The van der Waals surface area contributed by atoms with Gasteiger partial charge in [-0.25, -0.2) is 4.39 Å². The highest BCUT2D eigenvalue weighted by Gasteiger charge is 2.20. The van der Waals surface area contributed by atoms with Crippen molar-refractivity contribution in [1.29, 1.82) is 0 Å². The summed E-state index contributed by atoms with van der Waals surface area (Å²) in [5, 5.41) is 13.0. The topological polar surface area (TPSA) is 50.7 Å². The summed E-state index contributed by atoms with van der Waals surface area (Å²) in [6.07, 6.45) is 0. The number of methoxy groups -OCH3 is 1. The van der Waals surface area contributed by atoms with Gasteiger partial charge in [-0.2, -0.15) is 0 Å². The maximum Gasteiger partial charge on any atom is 0.167 e. The second-order valence-electron chi connectivity index (χ2n) is 6.44. The van der Waals surface area contributed by atoms with Crippen molar-refractivity contribution in [3.8, 4) is 11.5 Å². The Bertz CT molecular complexity index is 750. The lowest BCUT2D eigenvalue weighted by Gasteiger charge is -2.25. The minimum absolute atomic E-state index is 0.0182. The molecule has 142 valence electrons. The van der Waals surface area contributed by atoms with E-state index in [1.807, 2.05) is 19.9 Å². The molecule has 2 rings (SSSR count). The molecule has 0 bridgehead atoms. The third-order valence-electron chi connectivity index (χ3n) is 3.95. The number of aliphatic hydroxyl groups is 1. The summed E-state index contributed by atoms with van der Waals surface area (Å²) in [6.45, 7) is 4.15. The molecule has 0 radical (unpaired) electrons. The van der Waals surface area contributed by atoms with Gasteiger partial charge in [0.05, 0.1) is 18.7 Å². The van der Waals surface area contributed by atoms with Crippen LogP contribution in [0.15, 0.2) is 34.8 Å². The van der Waals surface area contributed by atoms with Crippen LogP contribution in [0.2, 0.25) is 5.02 Å². The van der Waals surface area contributed by atoms with Gasteiger partial charge < -0.3 is 19.9 Å².